The molecule has 1 aliphatic rings. The number of rotatable bonds is 6. The average Bonchev–Trinajstić information content (AvgIpc) is 3.46. The maximum atomic E-state index is 12.8. The van der Waals surface area contributed by atoms with Gasteiger partial charge in [-0.3, -0.25) is 10.00 Å². The van der Waals surface area contributed by atoms with Crippen LogP contribution in [0.4, 0.5) is 16.2 Å². The lowest BCUT2D eigenvalue weighted by Gasteiger charge is -2.38. The van der Waals surface area contributed by atoms with Crippen LogP contribution in [0.15, 0.2) is 59.6 Å². The second kappa shape index (κ2) is 10.1. The third-order valence-corrected chi connectivity index (χ3v) is 6.90. The zero-order valence-corrected chi connectivity index (χ0v) is 21.3. The first-order valence-corrected chi connectivity index (χ1v) is 12.4. The number of carbonyl (C=O) groups excluding carboxylic acids is 1. The molecule has 4 heterocycles. The highest BCUT2D eigenvalue weighted by Crippen LogP contribution is 2.39. The summed E-state index contributed by atoms with van der Waals surface area (Å²) >= 11 is 3.69. The number of likely N-dealkylation sites (N-methyl/N-ethyl adjacent to an activating group) is 1. The first-order chi connectivity index (χ1) is 17.0. The number of pyridine rings is 1. The molecule has 1 aliphatic heterocycles. The van der Waals surface area contributed by atoms with Crippen LogP contribution in [0.2, 0.25) is 0 Å². The minimum absolute atomic E-state index is 0.377. The molecule has 2 N–H and O–H groups in total. The van der Waals surface area contributed by atoms with E-state index in [1.165, 1.54) is 6.20 Å². The second-order valence-corrected chi connectivity index (χ2v) is 9.81. The fourth-order valence-electron chi connectivity index (χ4n) is 4.54. The molecular formula is C25H28BrN7O2. The van der Waals surface area contributed by atoms with E-state index in [0.717, 1.165) is 47.0 Å². The van der Waals surface area contributed by atoms with Crippen molar-refractivity contribution in [2.75, 3.05) is 37.4 Å². The highest BCUT2D eigenvalue weighted by molar-refractivity contribution is 9.10. The molecule has 1 aromatic carbocycles. The van der Waals surface area contributed by atoms with Gasteiger partial charge in [0.2, 0.25) is 0 Å². The van der Waals surface area contributed by atoms with Crippen molar-refractivity contribution in [1.82, 2.24) is 24.6 Å². The number of fused-ring (bicyclic) bond motifs is 1. The quantitative estimate of drug-likeness (QED) is 0.370. The molecule has 3 aromatic heterocycles. The fourth-order valence-corrected chi connectivity index (χ4v) is 5.09. The highest BCUT2D eigenvalue weighted by Gasteiger charge is 2.26. The summed E-state index contributed by atoms with van der Waals surface area (Å²) in [5, 5.41) is 8.04. The third-order valence-electron chi connectivity index (χ3n) is 6.32. The Hall–Kier alpha value is -3.37. The Labute approximate surface area is 212 Å². The predicted octanol–water partition coefficient (Wildman–Crippen LogP) is 4.71. The van der Waals surface area contributed by atoms with Crippen LogP contribution in [-0.4, -0.2) is 64.0 Å². The molecule has 10 heteroatoms. The summed E-state index contributed by atoms with van der Waals surface area (Å²) in [5.74, 6) is 0.377. The van der Waals surface area contributed by atoms with Crippen LogP contribution >= 0.6 is 15.9 Å². The summed E-state index contributed by atoms with van der Waals surface area (Å²) in [7, 11) is 4.24. The SMILES string of the molecule is CN(C)C1CCCN(c2c(Br)cnc3[nH]cc(NC(=O)Oc4cnn(Cc5ccccc5)c4)c23)C1. The number of anilines is 2. The summed E-state index contributed by atoms with van der Waals surface area (Å²) in [6.45, 7) is 2.44. The summed E-state index contributed by atoms with van der Waals surface area (Å²) < 4.78 is 8.15. The van der Waals surface area contributed by atoms with Crippen molar-refractivity contribution < 1.29 is 9.53 Å². The van der Waals surface area contributed by atoms with Crippen LogP contribution in [0.3, 0.4) is 0 Å². The van der Waals surface area contributed by atoms with Gasteiger partial charge in [0.05, 0.1) is 40.2 Å². The van der Waals surface area contributed by atoms with E-state index < -0.39 is 6.09 Å². The van der Waals surface area contributed by atoms with Gasteiger partial charge in [0.15, 0.2) is 5.75 Å². The largest absolute Gasteiger partial charge is 0.417 e. The van der Waals surface area contributed by atoms with Gasteiger partial charge in [0.1, 0.15) is 5.65 Å². The lowest BCUT2D eigenvalue weighted by atomic mass is 10.0. The minimum Gasteiger partial charge on any atom is -0.407 e. The van der Waals surface area contributed by atoms with Gasteiger partial charge in [-0.25, -0.2) is 9.78 Å². The van der Waals surface area contributed by atoms with E-state index in [2.05, 4.69) is 60.2 Å². The number of benzene rings is 1. The standard InChI is InChI=1S/C25H28BrN7O2/c1-31(2)18-9-6-10-32(15-18)23-20(26)12-27-24-22(23)21(13-28-24)30-25(34)35-19-11-29-33(16-19)14-17-7-4-3-5-8-17/h3-5,7-8,11-13,16,18H,6,9-10,14-15H2,1-2H3,(H,27,28)(H,30,34). The Bertz CT molecular complexity index is 1320. The molecule has 4 aromatic rings. The molecule has 0 aliphatic carbocycles. The maximum absolute atomic E-state index is 12.8. The number of hydrogen-bond acceptors (Lipinski definition) is 6. The Balaban J connectivity index is 1.33. The fraction of sp³-hybridized carbons (Fsp3) is 0.320. The molecular weight excluding hydrogens is 510 g/mol. The molecule has 35 heavy (non-hydrogen) atoms. The molecule has 0 spiro atoms. The number of H-pyrrole nitrogens is 1. The number of amides is 1. The van der Waals surface area contributed by atoms with E-state index in [9.17, 15) is 4.79 Å². The van der Waals surface area contributed by atoms with Gasteiger partial charge in [-0.1, -0.05) is 30.3 Å². The van der Waals surface area contributed by atoms with Crippen LogP contribution < -0.4 is 15.0 Å². The number of halogens is 1. The van der Waals surface area contributed by atoms with E-state index in [4.69, 9.17) is 4.74 Å². The molecule has 5 rings (SSSR count). The van der Waals surface area contributed by atoms with E-state index in [1.807, 2.05) is 30.3 Å². The van der Waals surface area contributed by atoms with E-state index in [0.29, 0.717) is 29.7 Å². The van der Waals surface area contributed by atoms with Crippen LogP contribution in [-0.2, 0) is 6.54 Å². The molecule has 0 saturated carbocycles. The van der Waals surface area contributed by atoms with Crippen molar-refractivity contribution in [2.45, 2.75) is 25.4 Å². The molecule has 1 unspecified atom stereocenters. The predicted molar refractivity (Wildman–Crippen MR) is 140 cm³/mol. The minimum atomic E-state index is -0.583. The molecule has 0 radical (unpaired) electrons. The summed E-state index contributed by atoms with van der Waals surface area (Å²) in [6, 6.07) is 10.5. The Morgan fingerprint density at radius 3 is 2.91 bits per heavy atom. The Morgan fingerprint density at radius 2 is 2.11 bits per heavy atom. The number of aromatic amines is 1. The number of nitrogens with zero attached hydrogens (tertiary/aromatic N) is 5. The molecule has 0 bridgehead atoms. The number of carbonyl (C=O) groups is 1. The number of ether oxygens (including phenoxy) is 1. The second-order valence-electron chi connectivity index (χ2n) is 8.96. The van der Waals surface area contributed by atoms with E-state index >= 15 is 0 Å². The van der Waals surface area contributed by atoms with Gasteiger partial charge in [-0.15, -0.1) is 0 Å². The Kier molecular flexibility index (Phi) is 6.74. The summed E-state index contributed by atoms with van der Waals surface area (Å²) in [5.41, 5.74) is 3.47. The lowest BCUT2D eigenvalue weighted by molar-refractivity contribution is 0.215. The smallest absolute Gasteiger partial charge is 0.407 e. The zero-order valence-electron chi connectivity index (χ0n) is 19.7. The lowest BCUT2D eigenvalue weighted by Crippen LogP contribution is -2.45. The topological polar surface area (TPSA) is 91.3 Å². The van der Waals surface area contributed by atoms with Gasteiger partial charge >= 0.3 is 6.09 Å². The van der Waals surface area contributed by atoms with Crippen LogP contribution in [0.1, 0.15) is 18.4 Å². The number of nitrogens with one attached hydrogen (secondary N) is 2. The number of hydrogen-bond donors (Lipinski definition) is 2. The first kappa shape index (κ1) is 23.4. The molecule has 1 atom stereocenters. The van der Waals surface area contributed by atoms with Crippen molar-refractivity contribution in [3.8, 4) is 5.75 Å². The van der Waals surface area contributed by atoms with Crippen LogP contribution in [0.25, 0.3) is 11.0 Å². The van der Waals surface area contributed by atoms with Gasteiger partial charge in [0.25, 0.3) is 0 Å². The van der Waals surface area contributed by atoms with Crippen molar-refractivity contribution >= 4 is 44.4 Å². The van der Waals surface area contributed by atoms with E-state index in [1.54, 1.807) is 23.3 Å². The van der Waals surface area contributed by atoms with Gasteiger partial charge < -0.3 is 19.5 Å². The summed E-state index contributed by atoms with van der Waals surface area (Å²) in [4.78, 5) is 25.1. The molecule has 182 valence electrons. The maximum Gasteiger partial charge on any atom is 0.417 e. The van der Waals surface area contributed by atoms with Crippen molar-refractivity contribution in [3.63, 3.8) is 0 Å². The van der Waals surface area contributed by atoms with Gasteiger partial charge in [-0.2, -0.15) is 5.10 Å². The number of piperidine rings is 1. The van der Waals surface area contributed by atoms with Crippen LogP contribution in [0.5, 0.6) is 5.75 Å². The molecule has 1 fully saturated rings. The molecule has 9 nitrogen and oxygen atoms in total. The third kappa shape index (κ3) is 5.18. The van der Waals surface area contributed by atoms with Gasteiger partial charge in [0, 0.05) is 31.5 Å². The summed E-state index contributed by atoms with van der Waals surface area (Å²) in [6.07, 6.45) is 8.48. The molecule has 1 saturated heterocycles. The highest BCUT2D eigenvalue weighted by atomic mass is 79.9. The van der Waals surface area contributed by atoms with Crippen molar-refractivity contribution in [3.05, 3.63) is 65.2 Å². The van der Waals surface area contributed by atoms with Crippen molar-refractivity contribution in [1.29, 1.82) is 0 Å². The van der Waals surface area contributed by atoms with Crippen molar-refractivity contribution in [2.24, 2.45) is 0 Å². The number of aromatic nitrogens is 4. The Morgan fingerprint density at radius 1 is 1.29 bits per heavy atom. The normalized spacial score (nSPS) is 16.1. The molecule has 1 amide bonds. The van der Waals surface area contributed by atoms with Crippen LogP contribution in [0, 0.1) is 0 Å². The first-order valence-electron chi connectivity index (χ1n) is 11.6. The van der Waals surface area contributed by atoms with E-state index in [-0.39, 0.29) is 0 Å². The zero-order chi connectivity index (χ0) is 24.4. The monoisotopic (exact) mass is 537 g/mol. The average molecular weight is 538 g/mol. The van der Waals surface area contributed by atoms with Gasteiger partial charge in [-0.05, 0) is 48.4 Å².